The van der Waals surface area contributed by atoms with Crippen molar-refractivity contribution in [3.63, 3.8) is 0 Å². The lowest BCUT2D eigenvalue weighted by atomic mass is 10.1. The van der Waals surface area contributed by atoms with E-state index in [1.165, 1.54) is 6.07 Å². The van der Waals surface area contributed by atoms with E-state index in [1.54, 1.807) is 17.0 Å². The molecular formula is C19H23ClN4O3. The molecule has 1 fully saturated rings. The molecule has 2 unspecified atom stereocenters. The Morgan fingerprint density at radius 3 is 2.59 bits per heavy atom. The summed E-state index contributed by atoms with van der Waals surface area (Å²) in [5, 5.41) is 14.5. The van der Waals surface area contributed by atoms with E-state index in [-0.39, 0.29) is 36.0 Å². The number of para-hydroxylation sites is 1. The van der Waals surface area contributed by atoms with Crippen molar-refractivity contribution in [3.05, 3.63) is 64.2 Å². The fourth-order valence-corrected chi connectivity index (χ4v) is 3.36. The van der Waals surface area contributed by atoms with E-state index in [0.717, 1.165) is 12.1 Å². The Bertz CT molecular complexity index is 816. The van der Waals surface area contributed by atoms with Gasteiger partial charge in [-0.25, -0.2) is 0 Å². The predicted octanol–water partition coefficient (Wildman–Crippen LogP) is 3.57. The van der Waals surface area contributed by atoms with Crippen molar-refractivity contribution in [3.8, 4) is 0 Å². The Morgan fingerprint density at radius 2 is 2.00 bits per heavy atom. The fourth-order valence-electron chi connectivity index (χ4n) is 3.36. The molecular weight excluding hydrogens is 368 g/mol. The van der Waals surface area contributed by atoms with Gasteiger partial charge < -0.3 is 16.0 Å². The number of carbonyl (C=O) groups is 1. The van der Waals surface area contributed by atoms with Crippen LogP contribution in [0.3, 0.4) is 0 Å². The minimum atomic E-state index is -0.474. The number of halogens is 1. The highest BCUT2D eigenvalue weighted by Crippen LogP contribution is 2.30. The number of hydrogen-bond acceptors (Lipinski definition) is 5. The number of nitrogens with two attached hydrogens (primary N) is 1. The van der Waals surface area contributed by atoms with Crippen molar-refractivity contribution in [1.82, 2.24) is 4.90 Å². The second kappa shape index (κ2) is 8.83. The Labute approximate surface area is 164 Å². The quantitative estimate of drug-likeness (QED) is 0.600. The van der Waals surface area contributed by atoms with Gasteiger partial charge in [-0.1, -0.05) is 18.2 Å². The Hall–Kier alpha value is -2.64. The van der Waals surface area contributed by atoms with Gasteiger partial charge in [-0.3, -0.25) is 14.9 Å². The van der Waals surface area contributed by atoms with Crippen molar-refractivity contribution in [2.75, 3.05) is 18.4 Å². The second-order valence-electron chi connectivity index (χ2n) is 6.62. The zero-order chi connectivity index (χ0) is 18.7. The van der Waals surface area contributed by atoms with Crippen molar-refractivity contribution in [2.24, 2.45) is 11.7 Å². The summed E-state index contributed by atoms with van der Waals surface area (Å²) in [4.78, 5) is 25.6. The first kappa shape index (κ1) is 20.7. The lowest BCUT2D eigenvalue weighted by Gasteiger charge is -2.21. The standard InChI is InChI=1S/C19H22N4O3.ClH/c1-13-9-14(11-20)12-22(13)19(24)15-7-8-17(18(10-15)23(25)26)21-16-5-3-2-4-6-16;/h2-8,10,13-14,21H,9,11-12,20H2,1H3;1H. The van der Waals surface area contributed by atoms with Gasteiger partial charge in [0.15, 0.2) is 0 Å². The maximum absolute atomic E-state index is 12.8. The third-order valence-corrected chi connectivity index (χ3v) is 4.75. The molecule has 0 aliphatic carbocycles. The van der Waals surface area contributed by atoms with Gasteiger partial charge in [-0.15, -0.1) is 12.4 Å². The van der Waals surface area contributed by atoms with Crippen LogP contribution in [0.1, 0.15) is 23.7 Å². The molecule has 0 radical (unpaired) electrons. The highest BCUT2D eigenvalue weighted by molar-refractivity contribution is 5.96. The lowest BCUT2D eigenvalue weighted by Crippen LogP contribution is -2.34. The molecule has 1 saturated heterocycles. The maximum atomic E-state index is 12.8. The summed E-state index contributed by atoms with van der Waals surface area (Å²) in [6.07, 6.45) is 0.859. The first-order chi connectivity index (χ1) is 12.5. The van der Waals surface area contributed by atoms with E-state index in [4.69, 9.17) is 5.73 Å². The first-order valence-corrected chi connectivity index (χ1v) is 8.61. The largest absolute Gasteiger partial charge is 0.350 e. The molecule has 0 spiro atoms. The van der Waals surface area contributed by atoms with Crippen LogP contribution in [0, 0.1) is 16.0 Å². The number of carbonyl (C=O) groups excluding carboxylic acids is 1. The first-order valence-electron chi connectivity index (χ1n) is 8.61. The van der Waals surface area contributed by atoms with Gasteiger partial charge in [0.25, 0.3) is 11.6 Å². The Morgan fingerprint density at radius 1 is 1.30 bits per heavy atom. The number of nitrogens with one attached hydrogen (secondary N) is 1. The van der Waals surface area contributed by atoms with Gasteiger partial charge in [0, 0.05) is 29.9 Å². The molecule has 8 heteroatoms. The zero-order valence-corrected chi connectivity index (χ0v) is 15.8. The third kappa shape index (κ3) is 4.56. The number of amides is 1. The highest BCUT2D eigenvalue weighted by Gasteiger charge is 2.32. The average Bonchev–Trinajstić information content (AvgIpc) is 3.03. The molecule has 1 aliphatic heterocycles. The minimum absolute atomic E-state index is 0. The fraction of sp³-hybridized carbons (Fsp3) is 0.316. The minimum Gasteiger partial charge on any atom is -0.350 e. The number of likely N-dealkylation sites (tertiary alicyclic amines) is 1. The van der Waals surface area contributed by atoms with Gasteiger partial charge in [0.05, 0.1) is 4.92 Å². The van der Waals surface area contributed by atoms with E-state index in [1.807, 2.05) is 37.3 Å². The van der Waals surface area contributed by atoms with E-state index in [9.17, 15) is 14.9 Å². The number of nitro benzene ring substituents is 1. The van der Waals surface area contributed by atoms with Crippen molar-refractivity contribution < 1.29 is 9.72 Å². The summed E-state index contributed by atoms with van der Waals surface area (Å²) in [5.41, 5.74) is 7.01. The van der Waals surface area contributed by atoms with Crippen LogP contribution in [-0.4, -0.2) is 34.9 Å². The van der Waals surface area contributed by atoms with Crippen molar-refractivity contribution in [2.45, 2.75) is 19.4 Å². The molecule has 1 amide bonds. The van der Waals surface area contributed by atoms with Gasteiger partial charge in [-0.2, -0.15) is 0 Å². The SMILES string of the molecule is CC1CC(CN)CN1C(=O)c1ccc(Nc2ccccc2)c([N+](=O)[O-])c1.Cl. The summed E-state index contributed by atoms with van der Waals surface area (Å²) >= 11 is 0. The molecule has 2 atom stereocenters. The summed E-state index contributed by atoms with van der Waals surface area (Å²) in [7, 11) is 0. The molecule has 2 aromatic carbocycles. The van der Waals surface area contributed by atoms with Crippen molar-refractivity contribution >= 4 is 35.4 Å². The Kier molecular flexibility index (Phi) is 6.76. The number of rotatable bonds is 5. The molecule has 0 bridgehead atoms. The van der Waals surface area contributed by atoms with Gasteiger partial charge in [0.1, 0.15) is 5.69 Å². The van der Waals surface area contributed by atoms with Gasteiger partial charge in [-0.05, 0) is 50.1 Å². The number of benzene rings is 2. The third-order valence-electron chi connectivity index (χ3n) is 4.75. The average molecular weight is 391 g/mol. The number of nitrogens with zero attached hydrogens (tertiary/aromatic N) is 2. The van der Waals surface area contributed by atoms with Crippen LogP contribution in [0.15, 0.2) is 48.5 Å². The topological polar surface area (TPSA) is 102 Å². The molecule has 2 aromatic rings. The monoisotopic (exact) mass is 390 g/mol. The van der Waals surface area contributed by atoms with Crippen LogP contribution in [0.5, 0.6) is 0 Å². The molecule has 0 saturated carbocycles. The molecule has 1 aliphatic rings. The van der Waals surface area contributed by atoms with E-state index >= 15 is 0 Å². The maximum Gasteiger partial charge on any atom is 0.293 e. The predicted molar refractivity (Wildman–Crippen MR) is 108 cm³/mol. The van der Waals surface area contributed by atoms with Gasteiger partial charge >= 0.3 is 0 Å². The molecule has 144 valence electrons. The smallest absolute Gasteiger partial charge is 0.293 e. The van der Waals surface area contributed by atoms with Crippen LogP contribution in [0.4, 0.5) is 17.1 Å². The summed E-state index contributed by atoms with van der Waals surface area (Å²) in [6, 6.07) is 13.8. The molecule has 3 N–H and O–H groups in total. The van der Waals surface area contributed by atoms with Crippen molar-refractivity contribution in [1.29, 1.82) is 0 Å². The molecule has 3 rings (SSSR count). The number of hydrogen-bond donors (Lipinski definition) is 2. The molecule has 0 aromatic heterocycles. The van der Waals surface area contributed by atoms with E-state index in [2.05, 4.69) is 5.32 Å². The molecule has 7 nitrogen and oxygen atoms in total. The molecule has 1 heterocycles. The highest BCUT2D eigenvalue weighted by atomic mass is 35.5. The molecule has 27 heavy (non-hydrogen) atoms. The van der Waals surface area contributed by atoms with Crippen LogP contribution in [0.2, 0.25) is 0 Å². The van der Waals surface area contributed by atoms with Gasteiger partial charge in [0.2, 0.25) is 0 Å². The van der Waals surface area contributed by atoms with E-state index < -0.39 is 4.92 Å². The number of nitro groups is 1. The van der Waals surface area contributed by atoms with Crippen LogP contribution in [-0.2, 0) is 0 Å². The lowest BCUT2D eigenvalue weighted by molar-refractivity contribution is -0.383. The van der Waals surface area contributed by atoms with Crippen LogP contribution < -0.4 is 11.1 Å². The summed E-state index contributed by atoms with van der Waals surface area (Å²) in [6.45, 7) is 3.11. The van der Waals surface area contributed by atoms with Crippen LogP contribution >= 0.6 is 12.4 Å². The van der Waals surface area contributed by atoms with E-state index in [0.29, 0.717) is 24.3 Å². The zero-order valence-electron chi connectivity index (χ0n) is 15.0. The Balaban J connectivity index is 0.00000261. The van der Waals surface area contributed by atoms with Crippen LogP contribution in [0.25, 0.3) is 0 Å². The summed E-state index contributed by atoms with van der Waals surface area (Å²) < 4.78 is 0. The second-order valence-corrected chi connectivity index (χ2v) is 6.62. The number of anilines is 2. The summed E-state index contributed by atoms with van der Waals surface area (Å²) in [5.74, 6) is 0.0887. The normalized spacial score (nSPS) is 18.7.